The number of ether oxygens (including phenoxy) is 1. The van der Waals surface area contributed by atoms with Crippen LogP contribution in [0.5, 0.6) is 0 Å². The van der Waals surface area contributed by atoms with Gasteiger partial charge in [-0.25, -0.2) is 4.79 Å². The number of hydrogen-bond acceptors (Lipinski definition) is 4. The Morgan fingerprint density at radius 3 is 2.54 bits per heavy atom. The average molecular weight is 401 g/mol. The Balaban J connectivity index is 1.45. The molecule has 28 heavy (non-hydrogen) atoms. The van der Waals surface area contributed by atoms with E-state index in [0.717, 1.165) is 19.3 Å². The molecule has 2 aromatic rings. The van der Waals surface area contributed by atoms with E-state index < -0.39 is 30.4 Å². The summed E-state index contributed by atoms with van der Waals surface area (Å²) in [5.41, 5.74) is 3.62. The van der Waals surface area contributed by atoms with Crippen LogP contribution in [0.2, 0.25) is 5.02 Å². The summed E-state index contributed by atoms with van der Waals surface area (Å²) in [4.78, 5) is 36.2. The maximum absolute atomic E-state index is 12.1. The number of hydrogen-bond donors (Lipinski definition) is 2. The van der Waals surface area contributed by atoms with Crippen molar-refractivity contribution in [1.29, 1.82) is 0 Å². The zero-order valence-electron chi connectivity index (χ0n) is 15.5. The van der Waals surface area contributed by atoms with Crippen LogP contribution in [0, 0.1) is 0 Å². The van der Waals surface area contributed by atoms with E-state index >= 15 is 0 Å². The SMILES string of the molecule is C[C@H](NC(=O)c1ccc(Cl)cc1)C(=O)OCC(=O)Nc1ccc2c(c1)CCC2. The van der Waals surface area contributed by atoms with Gasteiger partial charge in [0.1, 0.15) is 6.04 Å². The molecule has 0 aliphatic heterocycles. The van der Waals surface area contributed by atoms with Crippen LogP contribution in [-0.2, 0) is 27.2 Å². The fourth-order valence-electron chi connectivity index (χ4n) is 3.05. The minimum Gasteiger partial charge on any atom is -0.454 e. The molecular weight excluding hydrogens is 380 g/mol. The van der Waals surface area contributed by atoms with Crippen LogP contribution in [0.4, 0.5) is 5.69 Å². The highest BCUT2D eigenvalue weighted by Crippen LogP contribution is 2.24. The van der Waals surface area contributed by atoms with Gasteiger partial charge < -0.3 is 15.4 Å². The Morgan fingerprint density at radius 1 is 1.07 bits per heavy atom. The first-order valence-electron chi connectivity index (χ1n) is 9.07. The number of benzene rings is 2. The van der Waals surface area contributed by atoms with Crippen LogP contribution in [0.1, 0.15) is 34.8 Å². The van der Waals surface area contributed by atoms with Gasteiger partial charge in [0.15, 0.2) is 6.61 Å². The lowest BCUT2D eigenvalue weighted by atomic mass is 10.1. The number of halogens is 1. The minimum absolute atomic E-state index is 0.374. The molecule has 0 bridgehead atoms. The molecule has 3 rings (SSSR count). The Kier molecular flexibility index (Phi) is 6.31. The topological polar surface area (TPSA) is 84.5 Å². The first kappa shape index (κ1) is 19.9. The van der Waals surface area contributed by atoms with E-state index in [4.69, 9.17) is 16.3 Å². The Hall–Kier alpha value is -2.86. The van der Waals surface area contributed by atoms with Gasteiger partial charge in [-0.15, -0.1) is 0 Å². The van der Waals surface area contributed by atoms with Gasteiger partial charge in [0.25, 0.3) is 11.8 Å². The van der Waals surface area contributed by atoms with E-state index in [1.807, 2.05) is 18.2 Å². The monoisotopic (exact) mass is 400 g/mol. The number of anilines is 1. The van der Waals surface area contributed by atoms with Crippen molar-refractivity contribution >= 4 is 35.1 Å². The van der Waals surface area contributed by atoms with Crippen molar-refractivity contribution in [2.75, 3.05) is 11.9 Å². The third-order valence-corrected chi connectivity index (χ3v) is 4.79. The van der Waals surface area contributed by atoms with Gasteiger partial charge in [-0.3, -0.25) is 9.59 Å². The van der Waals surface area contributed by atoms with Gasteiger partial charge in [-0.2, -0.15) is 0 Å². The Labute approximate surface area is 168 Å². The maximum Gasteiger partial charge on any atom is 0.328 e. The highest BCUT2D eigenvalue weighted by Gasteiger charge is 2.19. The van der Waals surface area contributed by atoms with E-state index in [-0.39, 0.29) is 0 Å². The van der Waals surface area contributed by atoms with Gasteiger partial charge in [-0.05, 0) is 73.7 Å². The first-order valence-corrected chi connectivity index (χ1v) is 9.45. The van der Waals surface area contributed by atoms with Crippen LogP contribution in [0.25, 0.3) is 0 Å². The molecule has 7 heteroatoms. The predicted octanol–water partition coefficient (Wildman–Crippen LogP) is 3.13. The zero-order chi connectivity index (χ0) is 20.1. The molecule has 1 aliphatic rings. The lowest BCUT2D eigenvalue weighted by Crippen LogP contribution is -2.40. The molecule has 0 spiro atoms. The largest absolute Gasteiger partial charge is 0.454 e. The summed E-state index contributed by atoms with van der Waals surface area (Å²) < 4.78 is 5.00. The highest BCUT2D eigenvalue weighted by atomic mass is 35.5. The van der Waals surface area contributed by atoms with Crippen LogP contribution in [0.15, 0.2) is 42.5 Å². The van der Waals surface area contributed by atoms with Gasteiger partial charge in [0, 0.05) is 16.3 Å². The summed E-state index contributed by atoms with van der Waals surface area (Å²) in [6.07, 6.45) is 3.21. The van der Waals surface area contributed by atoms with E-state index in [0.29, 0.717) is 16.3 Å². The fraction of sp³-hybridized carbons (Fsp3) is 0.286. The summed E-state index contributed by atoms with van der Waals surface area (Å²) >= 11 is 5.79. The lowest BCUT2D eigenvalue weighted by molar-refractivity contribution is -0.148. The molecule has 2 N–H and O–H groups in total. The van der Waals surface area contributed by atoms with E-state index in [1.54, 1.807) is 24.3 Å². The van der Waals surface area contributed by atoms with Crippen molar-refractivity contribution in [3.05, 3.63) is 64.2 Å². The van der Waals surface area contributed by atoms with Crippen LogP contribution in [0.3, 0.4) is 0 Å². The second-order valence-electron chi connectivity index (χ2n) is 6.69. The molecule has 2 aromatic carbocycles. The first-order chi connectivity index (χ1) is 13.4. The average Bonchev–Trinajstić information content (AvgIpc) is 3.14. The van der Waals surface area contributed by atoms with Gasteiger partial charge in [-0.1, -0.05) is 17.7 Å². The highest BCUT2D eigenvalue weighted by molar-refractivity contribution is 6.30. The molecule has 0 saturated heterocycles. The van der Waals surface area contributed by atoms with Gasteiger partial charge in [0.05, 0.1) is 0 Å². The van der Waals surface area contributed by atoms with E-state index in [2.05, 4.69) is 10.6 Å². The van der Waals surface area contributed by atoms with E-state index in [1.165, 1.54) is 18.1 Å². The van der Waals surface area contributed by atoms with Crippen LogP contribution < -0.4 is 10.6 Å². The minimum atomic E-state index is -0.893. The van der Waals surface area contributed by atoms with Crippen molar-refractivity contribution in [3.8, 4) is 0 Å². The molecular formula is C21H21ClN2O4. The van der Waals surface area contributed by atoms with Gasteiger partial charge in [0.2, 0.25) is 0 Å². The number of fused-ring (bicyclic) bond motifs is 1. The molecule has 1 aliphatic carbocycles. The standard InChI is InChI=1S/C21H21ClN2O4/c1-13(23-20(26)15-5-8-17(22)9-6-15)21(27)28-12-19(25)24-18-10-7-14-3-2-4-16(14)11-18/h5-11,13H,2-4,12H2,1H3,(H,23,26)(H,24,25)/t13-/m0/s1. The fourth-order valence-corrected chi connectivity index (χ4v) is 3.17. The summed E-state index contributed by atoms with van der Waals surface area (Å²) in [6, 6.07) is 11.2. The second kappa shape index (κ2) is 8.89. The van der Waals surface area contributed by atoms with Crippen LogP contribution in [-0.4, -0.2) is 30.4 Å². The number of carbonyl (C=O) groups excluding carboxylic acids is 3. The molecule has 6 nitrogen and oxygen atoms in total. The summed E-state index contributed by atoms with van der Waals surface area (Å²) in [6.45, 7) is 1.08. The second-order valence-corrected chi connectivity index (χ2v) is 7.13. The summed E-state index contributed by atoms with van der Waals surface area (Å²) in [5.74, 6) is -1.54. The van der Waals surface area contributed by atoms with Crippen molar-refractivity contribution in [3.63, 3.8) is 0 Å². The molecule has 146 valence electrons. The third kappa shape index (κ3) is 5.10. The molecule has 0 saturated carbocycles. The smallest absolute Gasteiger partial charge is 0.328 e. The summed E-state index contributed by atoms with van der Waals surface area (Å²) in [5, 5.41) is 5.76. The Morgan fingerprint density at radius 2 is 1.79 bits per heavy atom. The quantitative estimate of drug-likeness (QED) is 0.729. The number of carbonyl (C=O) groups is 3. The lowest BCUT2D eigenvalue weighted by Gasteiger charge is -2.13. The van der Waals surface area contributed by atoms with Crippen molar-refractivity contribution in [2.45, 2.75) is 32.2 Å². The molecule has 0 radical (unpaired) electrons. The molecule has 0 fully saturated rings. The normalized spacial score (nSPS) is 13.4. The molecule has 1 atom stereocenters. The van der Waals surface area contributed by atoms with Crippen molar-refractivity contribution < 1.29 is 19.1 Å². The molecule has 2 amide bonds. The van der Waals surface area contributed by atoms with Crippen LogP contribution >= 0.6 is 11.6 Å². The molecule has 0 aromatic heterocycles. The number of nitrogens with one attached hydrogen (secondary N) is 2. The predicted molar refractivity (Wildman–Crippen MR) is 106 cm³/mol. The number of rotatable bonds is 6. The molecule has 0 unspecified atom stereocenters. The Bertz CT molecular complexity index is 896. The summed E-state index contributed by atoms with van der Waals surface area (Å²) in [7, 11) is 0. The van der Waals surface area contributed by atoms with E-state index in [9.17, 15) is 14.4 Å². The number of aryl methyl sites for hydroxylation is 2. The zero-order valence-corrected chi connectivity index (χ0v) is 16.2. The van der Waals surface area contributed by atoms with Gasteiger partial charge >= 0.3 is 5.97 Å². The maximum atomic E-state index is 12.1. The number of amides is 2. The van der Waals surface area contributed by atoms with Crippen molar-refractivity contribution in [2.24, 2.45) is 0 Å². The van der Waals surface area contributed by atoms with Crippen molar-refractivity contribution in [1.82, 2.24) is 5.32 Å². The number of esters is 1. The molecule has 0 heterocycles. The third-order valence-electron chi connectivity index (χ3n) is 4.54.